The molecule has 0 heterocycles. The van der Waals surface area contributed by atoms with Crippen LogP contribution in [-0.2, 0) is 0 Å². The molecule has 19 heavy (non-hydrogen) atoms. The summed E-state index contributed by atoms with van der Waals surface area (Å²) in [5, 5.41) is 6.80. The maximum atomic E-state index is 13.1. The zero-order valence-corrected chi connectivity index (χ0v) is 13.1. The van der Waals surface area contributed by atoms with Gasteiger partial charge >= 0.3 is 0 Å². The Morgan fingerprint density at radius 2 is 1.84 bits per heavy atom. The van der Waals surface area contributed by atoms with E-state index in [1.165, 1.54) is 12.1 Å². The molecule has 1 aromatic rings. The van der Waals surface area contributed by atoms with Crippen molar-refractivity contribution in [3.63, 3.8) is 0 Å². The van der Waals surface area contributed by atoms with E-state index in [-0.39, 0.29) is 16.8 Å². The molecule has 0 aromatic heterocycles. The molecule has 0 aliphatic rings. The van der Waals surface area contributed by atoms with E-state index in [0.29, 0.717) is 10.8 Å². The van der Waals surface area contributed by atoms with Crippen LogP contribution >= 0.6 is 12.2 Å². The van der Waals surface area contributed by atoms with E-state index >= 15 is 0 Å². The lowest BCUT2D eigenvalue weighted by Crippen LogP contribution is -2.47. The minimum atomic E-state index is -0.276. The van der Waals surface area contributed by atoms with Gasteiger partial charge in [-0.25, -0.2) is 4.39 Å². The van der Waals surface area contributed by atoms with Crippen LogP contribution in [0, 0.1) is 11.2 Å². The standard InChI is InChI=1S/C15H23FN2S/c1-14(2,3)10-15(4,5)18-13(19)17-12-8-6-7-11(16)9-12/h6-9H,10H2,1-5H3,(H2,17,18,19). The summed E-state index contributed by atoms with van der Waals surface area (Å²) in [7, 11) is 0. The third kappa shape index (κ3) is 6.53. The molecular formula is C15H23FN2S. The molecule has 0 atom stereocenters. The van der Waals surface area contributed by atoms with Crippen molar-refractivity contribution in [2.45, 2.75) is 46.6 Å². The molecule has 0 bridgehead atoms. The van der Waals surface area contributed by atoms with Crippen molar-refractivity contribution >= 4 is 23.0 Å². The summed E-state index contributed by atoms with van der Waals surface area (Å²) in [5.74, 6) is -0.276. The second kappa shape index (κ2) is 5.87. The monoisotopic (exact) mass is 282 g/mol. The molecule has 0 aliphatic heterocycles. The Morgan fingerprint density at radius 3 is 2.37 bits per heavy atom. The molecule has 106 valence electrons. The summed E-state index contributed by atoms with van der Waals surface area (Å²) < 4.78 is 13.1. The Morgan fingerprint density at radius 1 is 1.21 bits per heavy atom. The largest absolute Gasteiger partial charge is 0.358 e. The lowest BCUT2D eigenvalue weighted by atomic mass is 9.82. The van der Waals surface area contributed by atoms with Crippen LogP contribution in [0.1, 0.15) is 41.0 Å². The fourth-order valence-electron chi connectivity index (χ4n) is 2.41. The van der Waals surface area contributed by atoms with Gasteiger partial charge in [0.25, 0.3) is 0 Å². The van der Waals surface area contributed by atoms with Crippen molar-refractivity contribution < 1.29 is 4.39 Å². The van der Waals surface area contributed by atoms with Crippen LogP contribution in [-0.4, -0.2) is 10.7 Å². The van der Waals surface area contributed by atoms with Gasteiger partial charge < -0.3 is 10.6 Å². The molecule has 0 amide bonds. The number of anilines is 1. The van der Waals surface area contributed by atoms with Crippen molar-refractivity contribution in [2.24, 2.45) is 5.41 Å². The normalized spacial score (nSPS) is 12.1. The third-order valence-corrected chi connectivity index (χ3v) is 2.71. The predicted molar refractivity (Wildman–Crippen MR) is 83.9 cm³/mol. The highest BCUT2D eigenvalue weighted by Gasteiger charge is 2.25. The van der Waals surface area contributed by atoms with Crippen molar-refractivity contribution in [3.8, 4) is 0 Å². The van der Waals surface area contributed by atoms with Crippen molar-refractivity contribution in [2.75, 3.05) is 5.32 Å². The first-order valence-corrected chi connectivity index (χ1v) is 6.83. The Kier molecular flexibility index (Phi) is 4.91. The summed E-state index contributed by atoms with van der Waals surface area (Å²) in [6.07, 6.45) is 0.977. The van der Waals surface area contributed by atoms with Crippen LogP contribution in [0.2, 0.25) is 0 Å². The van der Waals surface area contributed by atoms with Gasteiger partial charge in [-0.15, -0.1) is 0 Å². The van der Waals surface area contributed by atoms with Crippen LogP contribution in [0.15, 0.2) is 24.3 Å². The molecule has 0 spiro atoms. The summed E-state index contributed by atoms with van der Waals surface area (Å²) in [5.41, 5.74) is 0.754. The van der Waals surface area contributed by atoms with Crippen LogP contribution in [0.25, 0.3) is 0 Å². The van der Waals surface area contributed by atoms with Gasteiger partial charge in [0.15, 0.2) is 5.11 Å². The molecule has 0 saturated heterocycles. The Hall–Kier alpha value is -1.16. The number of halogens is 1. The number of benzene rings is 1. The smallest absolute Gasteiger partial charge is 0.171 e. The molecule has 0 fully saturated rings. The van der Waals surface area contributed by atoms with Crippen molar-refractivity contribution in [1.29, 1.82) is 0 Å². The summed E-state index contributed by atoms with van der Waals surface area (Å²) in [6.45, 7) is 10.8. The van der Waals surface area contributed by atoms with E-state index < -0.39 is 0 Å². The van der Waals surface area contributed by atoms with Crippen LogP contribution in [0.4, 0.5) is 10.1 Å². The van der Waals surface area contributed by atoms with E-state index in [2.05, 4.69) is 45.3 Å². The Balaban J connectivity index is 2.60. The van der Waals surface area contributed by atoms with Crippen LogP contribution < -0.4 is 10.6 Å². The second-order valence-electron chi connectivity index (χ2n) is 6.71. The highest BCUT2D eigenvalue weighted by atomic mass is 32.1. The van der Waals surface area contributed by atoms with Gasteiger partial charge in [-0.1, -0.05) is 26.8 Å². The first kappa shape index (κ1) is 15.9. The van der Waals surface area contributed by atoms with E-state index in [1.54, 1.807) is 12.1 Å². The summed E-state index contributed by atoms with van der Waals surface area (Å²) in [4.78, 5) is 0. The molecular weight excluding hydrogens is 259 g/mol. The molecule has 0 saturated carbocycles. The number of rotatable bonds is 3. The predicted octanol–water partition coefficient (Wildman–Crippen LogP) is 4.33. The zero-order chi connectivity index (χ0) is 14.7. The Bertz CT molecular complexity index is 450. The van der Waals surface area contributed by atoms with Gasteiger partial charge in [0.1, 0.15) is 5.82 Å². The number of nitrogens with one attached hydrogen (secondary N) is 2. The van der Waals surface area contributed by atoms with Crippen LogP contribution in [0.3, 0.4) is 0 Å². The third-order valence-electron chi connectivity index (χ3n) is 2.51. The average Bonchev–Trinajstić information content (AvgIpc) is 2.11. The van der Waals surface area contributed by atoms with Gasteiger partial charge in [0.2, 0.25) is 0 Å². The van der Waals surface area contributed by atoms with Crippen molar-refractivity contribution in [3.05, 3.63) is 30.1 Å². The average molecular weight is 282 g/mol. The maximum absolute atomic E-state index is 13.1. The fourth-order valence-corrected chi connectivity index (χ4v) is 2.80. The molecule has 2 N–H and O–H groups in total. The second-order valence-corrected chi connectivity index (χ2v) is 7.12. The SMILES string of the molecule is CC(C)(C)CC(C)(C)NC(=S)Nc1cccc(F)c1. The van der Waals surface area contributed by atoms with E-state index in [1.807, 2.05) is 0 Å². The minimum Gasteiger partial charge on any atom is -0.358 e. The highest BCUT2D eigenvalue weighted by molar-refractivity contribution is 7.80. The maximum Gasteiger partial charge on any atom is 0.171 e. The molecule has 0 radical (unpaired) electrons. The van der Waals surface area contributed by atoms with E-state index in [0.717, 1.165) is 6.42 Å². The lowest BCUT2D eigenvalue weighted by molar-refractivity contribution is 0.268. The molecule has 0 unspecified atom stereocenters. The molecule has 1 rings (SSSR count). The first-order valence-electron chi connectivity index (χ1n) is 6.42. The van der Waals surface area contributed by atoms with Crippen LogP contribution in [0.5, 0.6) is 0 Å². The highest BCUT2D eigenvalue weighted by Crippen LogP contribution is 2.26. The van der Waals surface area contributed by atoms with Gasteiger partial charge in [-0.2, -0.15) is 0 Å². The lowest BCUT2D eigenvalue weighted by Gasteiger charge is -2.34. The van der Waals surface area contributed by atoms with Gasteiger partial charge in [0.05, 0.1) is 0 Å². The molecule has 2 nitrogen and oxygen atoms in total. The number of thiocarbonyl (C=S) groups is 1. The number of hydrogen-bond donors (Lipinski definition) is 2. The topological polar surface area (TPSA) is 24.1 Å². The van der Waals surface area contributed by atoms with E-state index in [4.69, 9.17) is 12.2 Å². The van der Waals surface area contributed by atoms with E-state index in [9.17, 15) is 4.39 Å². The molecule has 1 aromatic carbocycles. The summed E-state index contributed by atoms with van der Waals surface area (Å²) >= 11 is 5.27. The quantitative estimate of drug-likeness (QED) is 0.807. The summed E-state index contributed by atoms with van der Waals surface area (Å²) in [6, 6.07) is 6.27. The Labute approximate surface area is 120 Å². The van der Waals surface area contributed by atoms with Gasteiger partial charge in [-0.05, 0) is 56.1 Å². The minimum absolute atomic E-state index is 0.115. The molecule has 0 aliphatic carbocycles. The van der Waals surface area contributed by atoms with Gasteiger partial charge in [0, 0.05) is 11.2 Å². The zero-order valence-electron chi connectivity index (χ0n) is 12.3. The van der Waals surface area contributed by atoms with Gasteiger partial charge in [-0.3, -0.25) is 0 Å². The molecule has 4 heteroatoms. The van der Waals surface area contributed by atoms with Crippen molar-refractivity contribution in [1.82, 2.24) is 5.32 Å². The number of hydrogen-bond acceptors (Lipinski definition) is 1. The fraction of sp³-hybridized carbons (Fsp3) is 0.533. The first-order chi connectivity index (χ1) is 8.57.